The Bertz CT molecular complexity index is 287. The number of morpholine rings is 1. The monoisotopic (exact) mass is 285 g/mol. The van der Waals surface area contributed by atoms with Crippen LogP contribution in [0.4, 0.5) is 0 Å². The van der Waals surface area contributed by atoms with E-state index in [0.717, 1.165) is 45.9 Å². The van der Waals surface area contributed by atoms with E-state index in [4.69, 9.17) is 4.74 Å². The molecule has 2 unspecified atom stereocenters. The lowest BCUT2D eigenvalue weighted by Gasteiger charge is -2.32. The first-order chi connectivity index (χ1) is 9.44. The van der Waals surface area contributed by atoms with Gasteiger partial charge >= 0.3 is 0 Å². The Balaban J connectivity index is 1.67. The van der Waals surface area contributed by atoms with Crippen molar-refractivity contribution in [3.05, 3.63) is 0 Å². The molecule has 5 nitrogen and oxygen atoms in total. The van der Waals surface area contributed by atoms with E-state index < -0.39 is 0 Å². The highest BCUT2D eigenvalue weighted by Gasteiger charge is 2.29. The summed E-state index contributed by atoms with van der Waals surface area (Å²) < 4.78 is 5.41. The summed E-state index contributed by atoms with van der Waals surface area (Å²) in [4.78, 5) is 4.94. The Morgan fingerprint density at radius 2 is 1.95 bits per heavy atom. The Morgan fingerprint density at radius 1 is 1.25 bits per heavy atom. The molecule has 2 atom stereocenters. The summed E-state index contributed by atoms with van der Waals surface area (Å²) in [5.74, 6) is 0. The highest BCUT2D eigenvalue weighted by atomic mass is 16.5. The zero-order chi connectivity index (χ0) is 14.6. The van der Waals surface area contributed by atoms with Crippen LogP contribution in [-0.4, -0.2) is 85.1 Å². The van der Waals surface area contributed by atoms with Crippen molar-refractivity contribution >= 4 is 0 Å². The van der Waals surface area contributed by atoms with E-state index in [9.17, 15) is 5.11 Å². The average Bonchev–Trinajstić information content (AvgIpc) is 2.85. The first kappa shape index (κ1) is 16.2. The van der Waals surface area contributed by atoms with Crippen LogP contribution >= 0.6 is 0 Å². The molecular formula is C15H31N3O2. The molecule has 2 N–H and O–H groups in total. The standard InChI is InChI=1S/C15H31N3O2/c1-15(2,3)16-10-14(19)12-17-5-4-13(11-17)18-6-8-20-9-7-18/h13-14,16,19H,4-12H2,1-3H3. The smallest absolute Gasteiger partial charge is 0.0791 e. The van der Waals surface area contributed by atoms with Gasteiger partial charge < -0.3 is 15.2 Å². The minimum atomic E-state index is -0.280. The van der Waals surface area contributed by atoms with Gasteiger partial charge in [-0.3, -0.25) is 9.80 Å². The van der Waals surface area contributed by atoms with Gasteiger partial charge in [0.1, 0.15) is 0 Å². The number of nitrogens with zero attached hydrogens (tertiary/aromatic N) is 2. The minimum absolute atomic E-state index is 0.0718. The first-order valence-electron chi connectivity index (χ1n) is 7.91. The molecule has 118 valence electrons. The van der Waals surface area contributed by atoms with Gasteiger partial charge in [-0.2, -0.15) is 0 Å². The SMILES string of the molecule is CC(C)(C)NCC(O)CN1CCC(N2CCOCC2)C1. The van der Waals surface area contributed by atoms with Gasteiger partial charge in [0.15, 0.2) is 0 Å². The molecule has 0 aliphatic carbocycles. The molecule has 0 radical (unpaired) electrons. The van der Waals surface area contributed by atoms with Crippen LogP contribution in [-0.2, 0) is 4.74 Å². The van der Waals surface area contributed by atoms with Crippen LogP contribution < -0.4 is 5.32 Å². The number of ether oxygens (including phenoxy) is 1. The fraction of sp³-hybridized carbons (Fsp3) is 1.00. The molecule has 0 bridgehead atoms. The predicted molar refractivity (Wildman–Crippen MR) is 81.0 cm³/mol. The largest absolute Gasteiger partial charge is 0.390 e. The van der Waals surface area contributed by atoms with Crippen LogP contribution in [0, 0.1) is 0 Å². The molecule has 0 aromatic heterocycles. The molecule has 0 amide bonds. The maximum Gasteiger partial charge on any atom is 0.0791 e. The van der Waals surface area contributed by atoms with Gasteiger partial charge in [-0.05, 0) is 33.7 Å². The summed E-state index contributed by atoms with van der Waals surface area (Å²) in [5.41, 5.74) is 0.0718. The summed E-state index contributed by atoms with van der Waals surface area (Å²) >= 11 is 0. The maximum absolute atomic E-state index is 10.1. The Labute approximate surface area is 123 Å². The maximum atomic E-state index is 10.1. The number of aliphatic hydroxyl groups excluding tert-OH is 1. The minimum Gasteiger partial charge on any atom is -0.390 e. The van der Waals surface area contributed by atoms with Crippen molar-refractivity contribution in [2.75, 3.05) is 52.5 Å². The lowest BCUT2D eigenvalue weighted by Crippen LogP contribution is -2.46. The molecule has 0 aromatic rings. The van der Waals surface area contributed by atoms with E-state index in [1.165, 1.54) is 6.42 Å². The zero-order valence-corrected chi connectivity index (χ0v) is 13.3. The van der Waals surface area contributed by atoms with Crippen molar-refractivity contribution in [1.82, 2.24) is 15.1 Å². The quantitative estimate of drug-likeness (QED) is 0.753. The van der Waals surface area contributed by atoms with Gasteiger partial charge in [-0.15, -0.1) is 0 Å². The molecule has 2 saturated heterocycles. The highest BCUT2D eigenvalue weighted by molar-refractivity contribution is 4.86. The average molecular weight is 285 g/mol. The molecule has 0 spiro atoms. The zero-order valence-electron chi connectivity index (χ0n) is 13.3. The fourth-order valence-corrected chi connectivity index (χ4v) is 3.01. The Morgan fingerprint density at radius 3 is 2.60 bits per heavy atom. The van der Waals surface area contributed by atoms with Crippen LogP contribution in [0.5, 0.6) is 0 Å². The van der Waals surface area contributed by atoms with E-state index >= 15 is 0 Å². The van der Waals surface area contributed by atoms with Crippen molar-refractivity contribution in [3.8, 4) is 0 Å². The highest BCUT2D eigenvalue weighted by Crippen LogP contribution is 2.17. The second-order valence-corrected chi connectivity index (χ2v) is 7.14. The van der Waals surface area contributed by atoms with Crippen LogP contribution in [0.3, 0.4) is 0 Å². The second kappa shape index (κ2) is 7.18. The van der Waals surface area contributed by atoms with E-state index in [-0.39, 0.29) is 11.6 Å². The van der Waals surface area contributed by atoms with E-state index in [1.807, 2.05) is 0 Å². The van der Waals surface area contributed by atoms with Crippen LogP contribution in [0.15, 0.2) is 0 Å². The van der Waals surface area contributed by atoms with Gasteiger partial charge in [0.05, 0.1) is 19.3 Å². The van der Waals surface area contributed by atoms with Gasteiger partial charge in [0.25, 0.3) is 0 Å². The second-order valence-electron chi connectivity index (χ2n) is 7.14. The number of likely N-dealkylation sites (tertiary alicyclic amines) is 1. The molecule has 5 heteroatoms. The number of β-amino-alcohol motifs (C(OH)–C–C–N with tert-alkyl or cyclic N) is 1. The molecule has 0 aromatic carbocycles. The van der Waals surface area contributed by atoms with Gasteiger partial charge in [-0.25, -0.2) is 0 Å². The summed E-state index contributed by atoms with van der Waals surface area (Å²) in [6, 6.07) is 0.654. The molecule has 2 heterocycles. The van der Waals surface area contributed by atoms with E-state index in [0.29, 0.717) is 12.6 Å². The van der Waals surface area contributed by atoms with Crippen LogP contribution in [0.2, 0.25) is 0 Å². The Hall–Kier alpha value is -0.200. The van der Waals surface area contributed by atoms with Crippen molar-refractivity contribution in [2.24, 2.45) is 0 Å². The summed E-state index contributed by atoms with van der Waals surface area (Å²) in [6.45, 7) is 13.9. The van der Waals surface area contributed by atoms with E-state index in [1.54, 1.807) is 0 Å². The fourth-order valence-electron chi connectivity index (χ4n) is 3.01. The molecule has 2 rings (SSSR count). The number of rotatable bonds is 5. The van der Waals surface area contributed by atoms with Gasteiger partial charge in [-0.1, -0.05) is 0 Å². The van der Waals surface area contributed by atoms with Crippen molar-refractivity contribution in [2.45, 2.75) is 44.9 Å². The lowest BCUT2D eigenvalue weighted by molar-refractivity contribution is 0.0174. The van der Waals surface area contributed by atoms with Crippen molar-refractivity contribution < 1.29 is 9.84 Å². The predicted octanol–water partition coefficient (Wildman–Crippen LogP) is 0.142. The number of nitrogens with one attached hydrogen (secondary N) is 1. The molecule has 20 heavy (non-hydrogen) atoms. The number of hydrogen-bond donors (Lipinski definition) is 2. The normalized spacial score (nSPS) is 27.9. The molecule has 2 fully saturated rings. The number of hydrogen-bond acceptors (Lipinski definition) is 5. The molecular weight excluding hydrogens is 254 g/mol. The Kier molecular flexibility index (Phi) is 5.81. The van der Waals surface area contributed by atoms with Crippen molar-refractivity contribution in [1.29, 1.82) is 0 Å². The first-order valence-corrected chi connectivity index (χ1v) is 7.91. The van der Waals surface area contributed by atoms with Crippen molar-refractivity contribution in [3.63, 3.8) is 0 Å². The number of aliphatic hydroxyl groups is 1. The van der Waals surface area contributed by atoms with Crippen LogP contribution in [0.25, 0.3) is 0 Å². The van der Waals surface area contributed by atoms with Gasteiger partial charge in [0, 0.05) is 44.3 Å². The van der Waals surface area contributed by atoms with E-state index in [2.05, 4.69) is 35.9 Å². The molecule has 0 saturated carbocycles. The summed E-state index contributed by atoms with van der Waals surface area (Å²) in [7, 11) is 0. The third-order valence-corrected chi connectivity index (χ3v) is 4.15. The summed E-state index contributed by atoms with van der Waals surface area (Å²) in [6.07, 6.45) is 0.942. The topological polar surface area (TPSA) is 48.0 Å². The lowest BCUT2D eigenvalue weighted by atomic mass is 10.1. The van der Waals surface area contributed by atoms with Gasteiger partial charge in [0.2, 0.25) is 0 Å². The summed E-state index contributed by atoms with van der Waals surface area (Å²) in [5, 5.41) is 13.5. The third-order valence-electron chi connectivity index (χ3n) is 4.15. The third kappa shape index (κ3) is 5.30. The molecule has 2 aliphatic heterocycles. The molecule has 2 aliphatic rings. The van der Waals surface area contributed by atoms with Crippen LogP contribution in [0.1, 0.15) is 27.2 Å².